The number of anilines is 1. The molecule has 4 heteroatoms. The summed E-state index contributed by atoms with van der Waals surface area (Å²) in [5, 5.41) is 5.08. The molecular weight excluding hydrogens is 238 g/mol. The zero-order valence-electron chi connectivity index (χ0n) is 11.1. The minimum absolute atomic E-state index is 0.0595. The second-order valence-electron chi connectivity index (χ2n) is 5.62. The summed E-state index contributed by atoms with van der Waals surface area (Å²) in [6, 6.07) is 9.58. The summed E-state index contributed by atoms with van der Waals surface area (Å²) in [6.45, 7) is 2.69. The van der Waals surface area contributed by atoms with Crippen molar-refractivity contribution in [2.24, 2.45) is 11.7 Å². The van der Waals surface area contributed by atoms with Crippen LogP contribution in [0.1, 0.15) is 19.8 Å². The molecule has 1 aliphatic rings. The van der Waals surface area contributed by atoms with Gasteiger partial charge in [-0.2, -0.15) is 0 Å². The number of fused-ring (bicyclic) bond motifs is 1. The number of hydrogen-bond donors (Lipinski definition) is 3. The van der Waals surface area contributed by atoms with Gasteiger partial charge in [0, 0.05) is 11.9 Å². The van der Waals surface area contributed by atoms with Gasteiger partial charge in [0.25, 0.3) is 5.56 Å². The lowest BCUT2D eigenvalue weighted by atomic mass is 9.96. The van der Waals surface area contributed by atoms with Crippen LogP contribution >= 0.6 is 0 Å². The van der Waals surface area contributed by atoms with Gasteiger partial charge in [-0.05, 0) is 43.2 Å². The number of pyridine rings is 1. The number of H-pyrrole nitrogens is 1. The van der Waals surface area contributed by atoms with Crippen LogP contribution in [-0.2, 0) is 0 Å². The monoisotopic (exact) mass is 257 g/mol. The van der Waals surface area contributed by atoms with Gasteiger partial charge >= 0.3 is 0 Å². The lowest BCUT2D eigenvalue weighted by Crippen LogP contribution is -2.45. The third-order valence-corrected chi connectivity index (χ3v) is 4.08. The van der Waals surface area contributed by atoms with E-state index in [2.05, 4.69) is 17.2 Å². The molecule has 1 aromatic carbocycles. The molecule has 19 heavy (non-hydrogen) atoms. The van der Waals surface area contributed by atoms with E-state index in [1.807, 2.05) is 30.3 Å². The molecule has 0 bridgehead atoms. The molecule has 1 aliphatic carbocycles. The summed E-state index contributed by atoms with van der Waals surface area (Å²) >= 11 is 0. The van der Waals surface area contributed by atoms with Crippen molar-refractivity contribution in [1.82, 2.24) is 4.98 Å². The van der Waals surface area contributed by atoms with Crippen LogP contribution in [0.2, 0.25) is 0 Å². The van der Waals surface area contributed by atoms with Crippen LogP contribution in [0.25, 0.3) is 10.8 Å². The lowest BCUT2D eigenvalue weighted by molar-refractivity contribution is 0.458. The van der Waals surface area contributed by atoms with Crippen molar-refractivity contribution in [2.75, 3.05) is 11.9 Å². The van der Waals surface area contributed by atoms with Crippen LogP contribution in [0, 0.1) is 5.92 Å². The Kier molecular flexibility index (Phi) is 2.82. The highest BCUT2D eigenvalue weighted by Gasteiger charge is 2.40. The van der Waals surface area contributed by atoms with Crippen molar-refractivity contribution in [1.29, 1.82) is 0 Å². The van der Waals surface area contributed by atoms with Crippen LogP contribution in [-0.4, -0.2) is 17.1 Å². The molecule has 3 rings (SSSR count). The highest BCUT2D eigenvalue weighted by molar-refractivity contribution is 5.83. The second kappa shape index (κ2) is 4.38. The van der Waals surface area contributed by atoms with Crippen LogP contribution in [0.5, 0.6) is 0 Å². The Morgan fingerprint density at radius 2 is 2.16 bits per heavy atom. The van der Waals surface area contributed by atoms with Gasteiger partial charge in [-0.3, -0.25) is 4.79 Å². The Hall–Kier alpha value is -1.81. The maximum Gasteiger partial charge on any atom is 0.257 e. The molecule has 1 unspecified atom stereocenters. The summed E-state index contributed by atoms with van der Waals surface area (Å²) < 4.78 is 0. The summed E-state index contributed by atoms with van der Waals surface area (Å²) in [5.74, 6) is 1.36. The zero-order chi connectivity index (χ0) is 13.5. The van der Waals surface area contributed by atoms with Gasteiger partial charge in [0.2, 0.25) is 0 Å². The van der Waals surface area contributed by atoms with Gasteiger partial charge in [0.1, 0.15) is 5.82 Å². The Morgan fingerprint density at radius 3 is 2.84 bits per heavy atom. The average molecular weight is 257 g/mol. The predicted octanol–water partition coefficient (Wildman–Crippen LogP) is 2.07. The molecule has 2 aromatic rings. The van der Waals surface area contributed by atoms with Crippen LogP contribution in [0.4, 0.5) is 5.82 Å². The van der Waals surface area contributed by atoms with E-state index in [1.165, 1.54) is 12.8 Å². The van der Waals surface area contributed by atoms with Crippen molar-refractivity contribution in [3.63, 3.8) is 0 Å². The quantitative estimate of drug-likeness (QED) is 0.785. The smallest absolute Gasteiger partial charge is 0.257 e. The van der Waals surface area contributed by atoms with E-state index in [0.717, 1.165) is 11.2 Å². The summed E-state index contributed by atoms with van der Waals surface area (Å²) in [5.41, 5.74) is 5.70. The summed E-state index contributed by atoms with van der Waals surface area (Å²) in [7, 11) is 0. The third kappa shape index (κ3) is 2.24. The fraction of sp³-hybridized carbons (Fsp3) is 0.400. The standard InChI is InChI=1S/C15H19N3O/c1-15(9-16,11-6-7-11)18-13-8-10-4-2-3-5-12(10)14(19)17-13/h2-5,8,11H,6-7,9,16H2,1H3,(H2,17,18,19). The topological polar surface area (TPSA) is 70.9 Å². The number of rotatable bonds is 4. The number of nitrogens with one attached hydrogen (secondary N) is 2. The number of hydrogen-bond acceptors (Lipinski definition) is 3. The Balaban J connectivity index is 1.99. The van der Waals surface area contributed by atoms with Gasteiger partial charge in [-0.1, -0.05) is 18.2 Å². The lowest BCUT2D eigenvalue weighted by Gasteiger charge is -2.30. The highest BCUT2D eigenvalue weighted by atomic mass is 16.1. The van der Waals surface area contributed by atoms with Crippen LogP contribution < -0.4 is 16.6 Å². The molecule has 100 valence electrons. The molecule has 1 heterocycles. The molecule has 1 atom stereocenters. The maximum atomic E-state index is 12.0. The number of aromatic nitrogens is 1. The molecule has 0 amide bonds. The molecule has 0 aliphatic heterocycles. The van der Waals surface area contributed by atoms with Gasteiger partial charge in [-0.15, -0.1) is 0 Å². The van der Waals surface area contributed by atoms with E-state index in [0.29, 0.717) is 17.8 Å². The number of benzene rings is 1. The third-order valence-electron chi connectivity index (χ3n) is 4.08. The first-order valence-electron chi connectivity index (χ1n) is 6.73. The second-order valence-corrected chi connectivity index (χ2v) is 5.62. The Bertz CT molecular complexity index is 660. The Morgan fingerprint density at radius 1 is 1.42 bits per heavy atom. The van der Waals surface area contributed by atoms with E-state index in [-0.39, 0.29) is 11.1 Å². The van der Waals surface area contributed by atoms with Crippen molar-refractivity contribution < 1.29 is 0 Å². The molecule has 0 spiro atoms. The Labute approximate surface area is 112 Å². The van der Waals surface area contributed by atoms with Crippen molar-refractivity contribution in [3.8, 4) is 0 Å². The molecule has 0 saturated heterocycles. The van der Waals surface area contributed by atoms with Gasteiger partial charge in [-0.25, -0.2) is 0 Å². The summed E-state index contributed by atoms with van der Waals surface area (Å²) in [6.07, 6.45) is 2.41. The number of aromatic amines is 1. The summed E-state index contributed by atoms with van der Waals surface area (Å²) in [4.78, 5) is 14.9. The first kappa shape index (κ1) is 12.2. The van der Waals surface area contributed by atoms with Crippen LogP contribution in [0.15, 0.2) is 35.1 Å². The first-order valence-corrected chi connectivity index (χ1v) is 6.73. The molecule has 1 aromatic heterocycles. The van der Waals surface area contributed by atoms with Crippen molar-refractivity contribution >= 4 is 16.6 Å². The van der Waals surface area contributed by atoms with Gasteiger partial charge < -0.3 is 16.0 Å². The fourth-order valence-electron chi connectivity index (χ4n) is 2.63. The maximum absolute atomic E-state index is 12.0. The SMILES string of the molecule is CC(CN)(Nc1cc2ccccc2c(=O)[nH]1)C1CC1. The fourth-order valence-corrected chi connectivity index (χ4v) is 2.63. The van der Waals surface area contributed by atoms with Crippen LogP contribution in [0.3, 0.4) is 0 Å². The van der Waals surface area contributed by atoms with E-state index in [4.69, 9.17) is 5.73 Å². The minimum atomic E-state index is -0.134. The van der Waals surface area contributed by atoms with Crippen molar-refractivity contribution in [3.05, 3.63) is 40.7 Å². The van der Waals surface area contributed by atoms with E-state index >= 15 is 0 Å². The highest BCUT2D eigenvalue weighted by Crippen LogP contribution is 2.40. The predicted molar refractivity (Wildman–Crippen MR) is 78.4 cm³/mol. The zero-order valence-corrected chi connectivity index (χ0v) is 11.1. The first-order chi connectivity index (χ1) is 9.12. The van der Waals surface area contributed by atoms with Crippen molar-refractivity contribution in [2.45, 2.75) is 25.3 Å². The average Bonchev–Trinajstić information content (AvgIpc) is 3.23. The minimum Gasteiger partial charge on any atom is -0.365 e. The molecule has 1 fully saturated rings. The van der Waals surface area contributed by atoms with Gasteiger partial charge in [0.15, 0.2) is 0 Å². The normalized spacial score (nSPS) is 18.2. The molecule has 4 nitrogen and oxygen atoms in total. The van der Waals surface area contributed by atoms with Gasteiger partial charge in [0.05, 0.1) is 5.54 Å². The molecule has 4 N–H and O–H groups in total. The molecular formula is C15H19N3O. The number of nitrogens with two attached hydrogens (primary N) is 1. The molecule has 0 radical (unpaired) electrons. The largest absolute Gasteiger partial charge is 0.365 e. The van der Waals surface area contributed by atoms with E-state index < -0.39 is 0 Å². The van der Waals surface area contributed by atoms with E-state index in [9.17, 15) is 4.79 Å². The van der Waals surface area contributed by atoms with E-state index in [1.54, 1.807) is 0 Å². The molecule has 1 saturated carbocycles.